The summed E-state index contributed by atoms with van der Waals surface area (Å²) in [5.41, 5.74) is 8.16. The minimum Gasteiger partial charge on any atom is -0.383 e. The molecule has 1 heterocycles. The van der Waals surface area contributed by atoms with Gasteiger partial charge in [-0.05, 0) is 19.8 Å². The summed E-state index contributed by atoms with van der Waals surface area (Å²) in [6.07, 6.45) is 2.50. The first-order valence-electron chi connectivity index (χ1n) is 5.54. The van der Waals surface area contributed by atoms with Gasteiger partial charge in [-0.25, -0.2) is 9.97 Å². The van der Waals surface area contributed by atoms with Crippen LogP contribution in [0.1, 0.15) is 56.6 Å². The van der Waals surface area contributed by atoms with Crippen LogP contribution in [0.2, 0.25) is 0 Å². The molecule has 2 N–H and O–H groups in total. The van der Waals surface area contributed by atoms with E-state index in [2.05, 4.69) is 30.7 Å². The molecule has 2 rings (SSSR count). The Morgan fingerprint density at radius 3 is 2.27 bits per heavy atom. The zero-order valence-corrected chi connectivity index (χ0v) is 9.96. The van der Waals surface area contributed by atoms with E-state index in [1.165, 1.54) is 18.5 Å². The lowest BCUT2D eigenvalue weighted by Gasteiger charge is -2.19. The van der Waals surface area contributed by atoms with Gasteiger partial charge in [0.05, 0.1) is 5.69 Å². The third kappa shape index (κ3) is 1.96. The Kier molecular flexibility index (Phi) is 2.21. The van der Waals surface area contributed by atoms with Gasteiger partial charge in [0.25, 0.3) is 0 Å². The van der Waals surface area contributed by atoms with E-state index < -0.39 is 0 Å². The Hall–Kier alpha value is -1.12. The predicted molar refractivity (Wildman–Crippen MR) is 61.9 cm³/mol. The quantitative estimate of drug-likeness (QED) is 0.766. The van der Waals surface area contributed by atoms with Gasteiger partial charge in [-0.2, -0.15) is 0 Å². The van der Waals surface area contributed by atoms with Crippen molar-refractivity contribution in [2.75, 3.05) is 5.73 Å². The smallest absolute Gasteiger partial charge is 0.136 e. The van der Waals surface area contributed by atoms with Crippen LogP contribution in [0, 0.1) is 6.92 Å². The summed E-state index contributed by atoms with van der Waals surface area (Å²) in [6, 6.07) is 0. The number of aromatic nitrogens is 2. The third-order valence-electron chi connectivity index (χ3n) is 2.86. The molecule has 0 aliphatic heterocycles. The summed E-state index contributed by atoms with van der Waals surface area (Å²) >= 11 is 0. The van der Waals surface area contributed by atoms with E-state index >= 15 is 0 Å². The number of anilines is 1. The molecule has 0 unspecified atom stereocenters. The van der Waals surface area contributed by atoms with E-state index in [9.17, 15) is 0 Å². The molecule has 15 heavy (non-hydrogen) atoms. The Morgan fingerprint density at radius 2 is 1.80 bits per heavy atom. The van der Waals surface area contributed by atoms with E-state index in [0.29, 0.717) is 11.7 Å². The van der Waals surface area contributed by atoms with Crippen LogP contribution in [0.15, 0.2) is 0 Å². The molecule has 0 aromatic carbocycles. The highest BCUT2D eigenvalue weighted by Gasteiger charge is 2.30. The topological polar surface area (TPSA) is 51.8 Å². The molecular weight excluding hydrogens is 186 g/mol. The highest BCUT2D eigenvalue weighted by Crippen LogP contribution is 2.41. The number of rotatable bonds is 1. The minimum atomic E-state index is -0.0224. The van der Waals surface area contributed by atoms with E-state index in [1.54, 1.807) is 0 Å². The molecule has 1 saturated carbocycles. The lowest BCUT2D eigenvalue weighted by molar-refractivity contribution is 0.541. The van der Waals surface area contributed by atoms with Gasteiger partial charge in [0.15, 0.2) is 0 Å². The summed E-state index contributed by atoms with van der Waals surface area (Å²) in [4.78, 5) is 9.06. The lowest BCUT2D eigenvalue weighted by atomic mass is 9.95. The van der Waals surface area contributed by atoms with Crippen LogP contribution in [-0.2, 0) is 5.41 Å². The monoisotopic (exact) mass is 205 g/mol. The SMILES string of the molecule is Cc1c(N)nc(C(C)(C)C)nc1C1CC1. The average molecular weight is 205 g/mol. The Bertz CT molecular complexity index is 387. The highest BCUT2D eigenvalue weighted by atomic mass is 15.0. The third-order valence-corrected chi connectivity index (χ3v) is 2.86. The number of hydrogen-bond donors (Lipinski definition) is 1. The number of hydrogen-bond acceptors (Lipinski definition) is 3. The molecule has 3 heteroatoms. The second kappa shape index (κ2) is 3.19. The first-order chi connectivity index (χ1) is 6.89. The van der Waals surface area contributed by atoms with Gasteiger partial charge >= 0.3 is 0 Å². The highest BCUT2D eigenvalue weighted by molar-refractivity contribution is 5.44. The summed E-state index contributed by atoms with van der Waals surface area (Å²) < 4.78 is 0. The van der Waals surface area contributed by atoms with Crippen molar-refractivity contribution < 1.29 is 0 Å². The summed E-state index contributed by atoms with van der Waals surface area (Å²) in [5.74, 6) is 2.15. The van der Waals surface area contributed by atoms with Gasteiger partial charge in [0, 0.05) is 16.9 Å². The van der Waals surface area contributed by atoms with Crippen LogP contribution < -0.4 is 5.73 Å². The molecule has 0 saturated heterocycles. The van der Waals surface area contributed by atoms with Crippen molar-refractivity contribution in [2.24, 2.45) is 0 Å². The molecule has 0 bridgehead atoms. The van der Waals surface area contributed by atoms with Crippen molar-refractivity contribution >= 4 is 5.82 Å². The molecule has 1 aliphatic carbocycles. The summed E-state index contributed by atoms with van der Waals surface area (Å²) in [7, 11) is 0. The Labute approximate surface area is 91.1 Å². The van der Waals surface area contributed by atoms with Gasteiger partial charge in [0.1, 0.15) is 11.6 Å². The molecule has 3 nitrogen and oxygen atoms in total. The Morgan fingerprint density at radius 1 is 1.20 bits per heavy atom. The van der Waals surface area contributed by atoms with Gasteiger partial charge in [0.2, 0.25) is 0 Å². The molecule has 1 aliphatic rings. The van der Waals surface area contributed by atoms with Gasteiger partial charge in [-0.1, -0.05) is 20.8 Å². The van der Waals surface area contributed by atoms with Crippen LogP contribution in [0.4, 0.5) is 5.82 Å². The molecule has 1 fully saturated rings. The van der Waals surface area contributed by atoms with Crippen LogP contribution >= 0.6 is 0 Å². The average Bonchev–Trinajstić information content (AvgIpc) is 2.90. The fourth-order valence-electron chi connectivity index (χ4n) is 1.64. The molecular formula is C12H19N3. The van der Waals surface area contributed by atoms with Crippen molar-refractivity contribution in [3.8, 4) is 0 Å². The normalized spacial score (nSPS) is 16.8. The van der Waals surface area contributed by atoms with Crippen molar-refractivity contribution in [1.82, 2.24) is 9.97 Å². The van der Waals surface area contributed by atoms with Crippen molar-refractivity contribution in [2.45, 2.75) is 51.9 Å². The summed E-state index contributed by atoms with van der Waals surface area (Å²) in [6.45, 7) is 8.38. The van der Waals surface area contributed by atoms with Crippen LogP contribution in [0.25, 0.3) is 0 Å². The maximum Gasteiger partial charge on any atom is 0.136 e. The molecule has 1 aromatic rings. The second-order valence-corrected chi connectivity index (χ2v) is 5.47. The number of nitrogens with zero attached hydrogens (tertiary/aromatic N) is 2. The van der Waals surface area contributed by atoms with E-state index in [0.717, 1.165) is 11.4 Å². The van der Waals surface area contributed by atoms with E-state index in [1.807, 2.05) is 6.92 Å². The maximum atomic E-state index is 5.93. The zero-order valence-electron chi connectivity index (χ0n) is 9.96. The fraction of sp³-hybridized carbons (Fsp3) is 0.667. The molecule has 82 valence electrons. The minimum absolute atomic E-state index is 0.0224. The first-order valence-corrected chi connectivity index (χ1v) is 5.54. The fourth-order valence-corrected chi connectivity index (χ4v) is 1.64. The number of nitrogens with two attached hydrogens (primary N) is 1. The summed E-state index contributed by atoms with van der Waals surface area (Å²) in [5, 5.41) is 0. The van der Waals surface area contributed by atoms with Gasteiger partial charge in [-0.15, -0.1) is 0 Å². The largest absolute Gasteiger partial charge is 0.383 e. The maximum absolute atomic E-state index is 5.93. The molecule has 0 radical (unpaired) electrons. The molecule has 0 amide bonds. The van der Waals surface area contributed by atoms with E-state index in [4.69, 9.17) is 5.73 Å². The zero-order chi connectivity index (χ0) is 11.2. The molecule has 0 atom stereocenters. The Balaban J connectivity index is 2.51. The van der Waals surface area contributed by atoms with Crippen molar-refractivity contribution in [3.63, 3.8) is 0 Å². The number of nitrogen functional groups attached to an aromatic ring is 1. The van der Waals surface area contributed by atoms with Gasteiger partial charge in [-0.3, -0.25) is 0 Å². The van der Waals surface area contributed by atoms with Crippen LogP contribution in [-0.4, -0.2) is 9.97 Å². The lowest BCUT2D eigenvalue weighted by Crippen LogP contribution is -2.19. The standard InChI is InChI=1S/C12H19N3/c1-7-9(8-5-6-8)14-11(12(2,3)4)15-10(7)13/h8H,5-6H2,1-4H3,(H2,13,14,15). The molecule has 1 aromatic heterocycles. The van der Waals surface area contributed by atoms with E-state index in [-0.39, 0.29) is 5.41 Å². The van der Waals surface area contributed by atoms with Crippen LogP contribution in [0.5, 0.6) is 0 Å². The van der Waals surface area contributed by atoms with Crippen molar-refractivity contribution in [3.05, 3.63) is 17.1 Å². The first kappa shape index (κ1) is 10.4. The second-order valence-electron chi connectivity index (χ2n) is 5.47. The van der Waals surface area contributed by atoms with Gasteiger partial charge < -0.3 is 5.73 Å². The predicted octanol–water partition coefficient (Wildman–Crippen LogP) is 2.54. The van der Waals surface area contributed by atoms with Crippen molar-refractivity contribution in [1.29, 1.82) is 0 Å². The van der Waals surface area contributed by atoms with Crippen LogP contribution in [0.3, 0.4) is 0 Å². The molecule has 0 spiro atoms.